The quantitative estimate of drug-likeness (QED) is 0.405. The molecule has 3 nitrogen and oxygen atoms in total. The van der Waals surface area contributed by atoms with E-state index in [1.54, 1.807) is 0 Å². The molecule has 102 valence electrons. The molecule has 3 heteroatoms. The third-order valence-corrected chi connectivity index (χ3v) is 4.55. The fourth-order valence-corrected chi connectivity index (χ4v) is 3.56. The summed E-state index contributed by atoms with van der Waals surface area (Å²) in [4.78, 5) is 0. The zero-order valence-electron chi connectivity index (χ0n) is 11.9. The predicted molar refractivity (Wildman–Crippen MR) is 86.7 cm³/mol. The van der Waals surface area contributed by atoms with Crippen LogP contribution < -0.4 is 0 Å². The number of hydrogen-bond donors (Lipinski definition) is 0. The summed E-state index contributed by atoms with van der Waals surface area (Å²) in [7, 11) is 4.22. The molecule has 0 bridgehead atoms. The fourth-order valence-electron chi connectivity index (χ4n) is 3.56. The third kappa shape index (κ3) is 1.16. The van der Waals surface area contributed by atoms with E-state index in [9.17, 15) is 0 Å². The van der Waals surface area contributed by atoms with Crippen molar-refractivity contribution >= 4 is 44.0 Å². The first-order chi connectivity index (χ1) is 10.3. The molecule has 0 aliphatic heterocycles. The van der Waals surface area contributed by atoms with E-state index >= 15 is 0 Å². The van der Waals surface area contributed by atoms with Crippen molar-refractivity contribution in [3.8, 4) is 0 Å². The number of fused-ring (bicyclic) bond motifs is 7. The largest absolute Gasteiger partial charge is 0.451 e. The maximum Gasteiger partial charge on any atom is 0.162 e. The normalized spacial score (nSPS) is 12.3. The lowest BCUT2D eigenvalue weighted by molar-refractivity contribution is 0.676. The van der Waals surface area contributed by atoms with E-state index in [0.717, 1.165) is 11.2 Å². The molecule has 3 aromatic heterocycles. The molecule has 0 saturated heterocycles. The van der Waals surface area contributed by atoms with Gasteiger partial charge in [-0.2, -0.15) is 0 Å². The third-order valence-electron chi connectivity index (χ3n) is 4.55. The minimum Gasteiger partial charge on any atom is -0.451 e. The van der Waals surface area contributed by atoms with E-state index in [-0.39, 0.29) is 0 Å². The minimum atomic E-state index is 0.986. The topological polar surface area (TPSA) is 23.0 Å². The SMILES string of the molecule is Cn1c2ccccc2c2oc3c4ccccc4n(C)c3c21. The van der Waals surface area contributed by atoms with E-state index in [1.165, 1.54) is 32.8 Å². The van der Waals surface area contributed by atoms with Gasteiger partial charge in [0.2, 0.25) is 0 Å². The van der Waals surface area contributed by atoms with Gasteiger partial charge in [-0.05, 0) is 24.3 Å². The molecule has 21 heavy (non-hydrogen) atoms. The summed E-state index contributed by atoms with van der Waals surface area (Å²) in [6.45, 7) is 0. The Kier molecular flexibility index (Phi) is 1.84. The number of rotatable bonds is 0. The number of para-hydroxylation sites is 2. The Morgan fingerprint density at radius 1 is 0.667 bits per heavy atom. The van der Waals surface area contributed by atoms with Crippen molar-refractivity contribution in [2.75, 3.05) is 0 Å². The summed E-state index contributed by atoms with van der Waals surface area (Å²) in [5, 5.41) is 2.35. The molecule has 5 rings (SSSR count). The van der Waals surface area contributed by atoms with Crippen LogP contribution in [0.1, 0.15) is 0 Å². The molecule has 0 radical (unpaired) electrons. The average Bonchev–Trinajstić information content (AvgIpc) is 3.12. The van der Waals surface area contributed by atoms with E-state index in [2.05, 4.69) is 71.8 Å². The summed E-state index contributed by atoms with van der Waals surface area (Å²) < 4.78 is 10.7. The molecule has 2 aromatic carbocycles. The van der Waals surface area contributed by atoms with E-state index in [1.807, 2.05) is 0 Å². The zero-order chi connectivity index (χ0) is 14.1. The highest BCUT2D eigenvalue weighted by Crippen LogP contribution is 2.40. The molecule has 0 aliphatic rings. The van der Waals surface area contributed by atoms with Crippen LogP contribution in [0.3, 0.4) is 0 Å². The maximum absolute atomic E-state index is 6.28. The Labute approximate surface area is 121 Å². The summed E-state index contributed by atoms with van der Waals surface area (Å²) in [6, 6.07) is 16.8. The number of benzene rings is 2. The van der Waals surface area contributed by atoms with Crippen molar-refractivity contribution in [3.63, 3.8) is 0 Å². The Hall–Kier alpha value is -2.68. The highest BCUT2D eigenvalue weighted by atomic mass is 16.3. The first-order valence-corrected chi connectivity index (χ1v) is 7.10. The van der Waals surface area contributed by atoms with Gasteiger partial charge in [0.05, 0.1) is 11.0 Å². The Bertz CT molecular complexity index is 1060. The standard InChI is InChI=1S/C18H14N2O/c1-19-13-9-5-3-7-11(13)17-15(19)16-18(21-17)12-8-4-6-10-14(12)20(16)2/h3-10H,1-2H3. The number of aromatic nitrogens is 2. The van der Waals surface area contributed by atoms with Crippen LogP contribution in [0.15, 0.2) is 52.9 Å². The van der Waals surface area contributed by atoms with E-state index in [4.69, 9.17) is 4.42 Å². The second-order valence-electron chi connectivity index (χ2n) is 5.61. The number of furan rings is 1. The number of aryl methyl sites for hydroxylation is 2. The molecule has 0 aliphatic carbocycles. The van der Waals surface area contributed by atoms with Crippen molar-refractivity contribution in [1.82, 2.24) is 9.13 Å². The summed E-state index contributed by atoms with van der Waals surface area (Å²) in [6.07, 6.45) is 0. The van der Waals surface area contributed by atoms with Crippen LogP contribution in [-0.2, 0) is 14.1 Å². The molecule has 0 unspecified atom stereocenters. The number of nitrogens with zero attached hydrogens (tertiary/aromatic N) is 2. The van der Waals surface area contributed by atoms with Crippen molar-refractivity contribution in [2.24, 2.45) is 14.1 Å². The van der Waals surface area contributed by atoms with Crippen LogP contribution in [0.5, 0.6) is 0 Å². The Morgan fingerprint density at radius 2 is 1.10 bits per heavy atom. The molecule has 0 atom stereocenters. The lowest BCUT2D eigenvalue weighted by Crippen LogP contribution is -1.90. The summed E-state index contributed by atoms with van der Waals surface area (Å²) in [5.74, 6) is 0. The predicted octanol–water partition coefficient (Wildman–Crippen LogP) is 4.57. The molecule has 0 saturated carbocycles. The highest BCUT2D eigenvalue weighted by Gasteiger charge is 2.21. The second-order valence-corrected chi connectivity index (χ2v) is 5.61. The molecule has 5 aromatic rings. The van der Waals surface area contributed by atoms with Crippen molar-refractivity contribution in [3.05, 3.63) is 48.5 Å². The van der Waals surface area contributed by atoms with Gasteiger partial charge in [-0.25, -0.2) is 0 Å². The van der Waals surface area contributed by atoms with Gasteiger partial charge in [0.25, 0.3) is 0 Å². The van der Waals surface area contributed by atoms with Crippen LogP contribution in [0.4, 0.5) is 0 Å². The van der Waals surface area contributed by atoms with Gasteiger partial charge in [-0.3, -0.25) is 0 Å². The van der Waals surface area contributed by atoms with Gasteiger partial charge in [0, 0.05) is 24.9 Å². The second kappa shape index (κ2) is 3.50. The van der Waals surface area contributed by atoms with Gasteiger partial charge in [-0.15, -0.1) is 0 Å². The number of hydrogen-bond acceptors (Lipinski definition) is 1. The van der Waals surface area contributed by atoms with Crippen LogP contribution in [0.25, 0.3) is 44.0 Å². The molecular formula is C18H14N2O. The fraction of sp³-hybridized carbons (Fsp3) is 0.111. The molecule has 0 fully saturated rings. The molecule has 0 N–H and O–H groups in total. The highest BCUT2D eigenvalue weighted by molar-refractivity contribution is 6.20. The van der Waals surface area contributed by atoms with Crippen LogP contribution >= 0.6 is 0 Å². The van der Waals surface area contributed by atoms with Gasteiger partial charge >= 0.3 is 0 Å². The molecular weight excluding hydrogens is 260 g/mol. The maximum atomic E-state index is 6.28. The van der Waals surface area contributed by atoms with Crippen LogP contribution in [0.2, 0.25) is 0 Å². The Balaban J connectivity index is 2.17. The van der Waals surface area contributed by atoms with Crippen LogP contribution in [0, 0.1) is 0 Å². The molecule has 3 heterocycles. The lowest BCUT2D eigenvalue weighted by Gasteiger charge is -1.99. The first-order valence-electron chi connectivity index (χ1n) is 7.10. The lowest BCUT2D eigenvalue weighted by atomic mass is 10.2. The van der Waals surface area contributed by atoms with Crippen molar-refractivity contribution < 1.29 is 4.42 Å². The van der Waals surface area contributed by atoms with Crippen molar-refractivity contribution in [2.45, 2.75) is 0 Å². The monoisotopic (exact) mass is 274 g/mol. The average molecular weight is 274 g/mol. The summed E-state index contributed by atoms with van der Waals surface area (Å²) >= 11 is 0. The van der Waals surface area contributed by atoms with Gasteiger partial charge < -0.3 is 13.6 Å². The Morgan fingerprint density at radius 3 is 1.57 bits per heavy atom. The van der Waals surface area contributed by atoms with Gasteiger partial charge in [-0.1, -0.05) is 24.3 Å². The zero-order valence-corrected chi connectivity index (χ0v) is 11.9. The van der Waals surface area contributed by atoms with Gasteiger partial charge in [0.15, 0.2) is 11.2 Å². The van der Waals surface area contributed by atoms with Crippen molar-refractivity contribution in [1.29, 1.82) is 0 Å². The molecule has 0 spiro atoms. The van der Waals surface area contributed by atoms with E-state index in [0.29, 0.717) is 0 Å². The minimum absolute atomic E-state index is 0.986. The van der Waals surface area contributed by atoms with Gasteiger partial charge in [0.1, 0.15) is 11.0 Å². The van der Waals surface area contributed by atoms with Crippen LogP contribution in [-0.4, -0.2) is 9.13 Å². The van der Waals surface area contributed by atoms with E-state index < -0.39 is 0 Å². The summed E-state index contributed by atoms with van der Waals surface area (Å²) in [5.41, 5.74) is 6.73. The molecule has 0 amide bonds. The first kappa shape index (κ1) is 11.0. The smallest absolute Gasteiger partial charge is 0.162 e.